The van der Waals surface area contributed by atoms with Gasteiger partial charge in [-0.1, -0.05) is 39.5 Å². The first-order chi connectivity index (χ1) is 15.9. The predicted molar refractivity (Wildman–Crippen MR) is 132 cm³/mol. The van der Waals surface area contributed by atoms with Gasteiger partial charge < -0.3 is 4.74 Å². The van der Waals surface area contributed by atoms with E-state index in [0.29, 0.717) is 30.1 Å². The Morgan fingerprint density at radius 3 is 1.94 bits per heavy atom. The van der Waals surface area contributed by atoms with Crippen molar-refractivity contribution in [2.75, 3.05) is 6.61 Å². The lowest BCUT2D eigenvalue weighted by molar-refractivity contribution is -0.165. The molecule has 0 aromatic carbocycles. The van der Waals surface area contributed by atoms with Crippen LogP contribution in [0.15, 0.2) is 0 Å². The van der Waals surface area contributed by atoms with Crippen LogP contribution in [0.25, 0.3) is 0 Å². The Labute approximate surface area is 202 Å². The summed E-state index contributed by atoms with van der Waals surface area (Å²) < 4.78 is 6.02. The van der Waals surface area contributed by atoms with Crippen LogP contribution in [0.3, 0.4) is 0 Å². The SMILES string of the molecule is CC1CC2CCCC(C(=O)CC3CCC(COC(=O)C45CCCC(CC(C)C4)C5)CC3)(C1)C2. The zero-order chi connectivity index (χ0) is 23.1. The van der Waals surface area contributed by atoms with E-state index in [-0.39, 0.29) is 16.8 Å². The average molecular weight is 457 g/mol. The Morgan fingerprint density at radius 2 is 1.27 bits per heavy atom. The number of esters is 1. The first-order valence-electron chi connectivity index (χ1n) is 14.6. The van der Waals surface area contributed by atoms with Gasteiger partial charge in [0.25, 0.3) is 0 Å². The molecule has 33 heavy (non-hydrogen) atoms. The van der Waals surface area contributed by atoms with E-state index in [9.17, 15) is 9.59 Å². The van der Waals surface area contributed by atoms with Crippen LogP contribution >= 0.6 is 0 Å². The van der Waals surface area contributed by atoms with Crippen molar-refractivity contribution in [3.05, 3.63) is 0 Å². The van der Waals surface area contributed by atoms with Gasteiger partial charge in [0.1, 0.15) is 5.78 Å². The van der Waals surface area contributed by atoms with Gasteiger partial charge in [-0.05, 0) is 113 Å². The molecule has 0 heterocycles. The molecule has 5 saturated carbocycles. The molecule has 0 radical (unpaired) electrons. The fraction of sp³-hybridized carbons (Fsp3) is 0.933. The highest BCUT2D eigenvalue weighted by Crippen LogP contribution is 2.53. The van der Waals surface area contributed by atoms with Crippen molar-refractivity contribution in [3.8, 4) is 0 Å². The maximum absolute atomic E-state index is 13.5. The molecule has 0 N–H and O–H groups in total. The van der Waals surface area contributed by atoms with Gasteiger partial charge in [-0.2, -0.15) is 0 Å². The number of Topliss-reactive ketones (excluding diaryl/α,β-unsaturated/α-hetero) is 1. The summed E-state index contributed by atoms with van der Waals surface area (Å²) in [6, 6.07) is 0. The summed E-state index contributed by atoms with van der Waals surface area (Å²) in [5.41, 5.74) is -0.139. The molecule has 0 aromatic rings. The van der Waals surface area contributed by atoms with Gasteiger partial charge in [0, 0.05) is 11.8 Å². The monoisotopic (exact) mass is 456 g/mol. The van der Waals surface area contributed by atoms with Crippen molar-refractivity contribution >= 4 is 11.8 Å². The van der Waals surface area contributed by atoms with E-state index in [4.69, 9.17) is 4.74 Å². The van der Waals surface area contributed by atoms with Gasteiger partial charge in [0.15, 0.2) is 0 Å². The van der Waals surface area contributed by atoms with Crippen molar-refractivity contribution in [2.45, 2.75) is 123 Å². The maximum atomic E-state index is 13.5. The smallest absolute Gasteiger partial charge is 0.312 e. The first-order valence-corrected chi connectivity index (χ1v) is 14.6. The van der Waals surface area contributed by atoms with Crippen LogP contribution in [0.2, 0.25) is 0 Å². The molecule has 4 bridgehead atoms. The lowest BCUT2D eigenvalue weighted by atomic mass is 9.56. The first kappa shape index (κ1) is 23.9. The van der Waals surface area contributed by atoms with E-state index < -0.39 is 0 Å². The second kappa shape index (κ2) is 9.65. The van der Waals surface area contributed by atoms with E-state index in [1.807, 2.05) is 0 Å². The number of hydrogen-bond acceptors (Lipinski definition) is 3. The highest BCUT2D eigenvalue weighted by Gasteiger charge is 2.49. The summed E-state index contributed by atoms with van der Waals surface area (Å²) in [5.74, 6) is 4.73. The van der Waals surface area contributed by atoms with E-state index in [1.165, 1.54) is 44.9 Å². The molecule has 0 spiro atoms. The number of carbonyl (C=O) groups excluding carboxylic acids is 2. The summed E-state index contributed by atoms with van der Waals surface area (Å²) in [6.45, 7) is 5.31. The van der Waals surface area contributed by atoms with Crippen LogP contribution < -0.4 is 0 Å². The molecular weight excluding hydrogens is 408 g/mol. The molecule has 6 atom stereocenters. The van der Waals surface area contributed by atoms with E-state index >= 15 is 0 Å². The third-order valence-electron chi connectivity index (χ3n) is 10.8. The predicted octanol–water partition coefficient (Wildman–Crippen LogP) is 7.51. The molecule has 0 aromatic heterocycles. The minimum absolute atomic E-state index is 0.0290. The van der Waals surface area contributed by atoms with Crippen LogP contribution in [0.4, 0.5) is 0 Å². The zero-order valence-corrected chi connectivity index (χ0v) is 21.4. The molecule has 0 amide bonds. The normalized spacial score (nSPS) is 45.3. The highest BCUT2D eigenvalue weighted by atomic mass is 16.5. The Morgan fingerprint density at radius 1 is 0.727 bits per heavy atom. The summed E-state index contributed by atoms with van der Waals surface area (Å²) >= 11 is 0. The molecule has 0 aliphatic heterocycles. The topological polar surface area (TPSA) is 43.4 Å². The molecule has 3 heteroatoms. The zero-order valence-electron chi connectivity index (χ0n) is 21.4. The van der Waals surface area contributed by atoms with E-state index in [0.717, 1.165) is 82.0 Å². The third kappa shape index (κ3) is 5.08. The Hall–Kier alpha value is -0.860. The second-order valence-electron chi connectivity index (χ2n) is 13.7. The molecule has 5 fully saturated rings. The van der Waals surface area contributed by atoms with Gasteiger partial charge in [0.2, 0.25) is 0 Å². The molecule has 5 aliphatic carbocycles. The molecule has 3 nitrogen and oxygen atoms in total. The lowest BCUT2D eigenvalue weighted by Crippen LogP contribution is -2.43. The van der Waals surface area contributed by atoms with Crippen molar-refractivity contribution in [1.82, 2.24) is 0 Å². The second-order valence-corrected chi connectivity index (χ2v) is 13.7. The quantitative estimate of drug-likeness (QED) is 0.388. The van der Waals surface area contributed by atoms with Gasteiger partial charge in [-0.25, -0.2) is 0 Å². The summed E-state index contributed by atoms with van der Waals surface area (Å²) in [4.78, 5) is 26.6. The summed E-state index contributed by atoms with van der Waals surface area (Å²) in [7, 11) is 0. The average Bonchev–Trinajstić information content (AvgIpc) is 2.77. The molecule has 5 rings (SSSR count). The summed E-state index contributed by atoms with van der Waals surface area (Å²) in [5, 5.41) is 0. The Balaban J connectivity index is 1.08. The number of rotatable bonds is 6. The molecule has 186 valence electrons. The lowest BCUT2D eigenvalue weighted by Gasteiger charge is -2.47. The minimum Gasteiger partial charge on any atom is -0.465 e. The van der Waals surface area contributed by atoms with Gasteiger partial charge in [-0.15, -0.1) is 0 Å². The molecule has 6 unspecified atom stereocenters. The Bertz CT molecular complexity index is 714. The minimum atomic E-state index is -0.168. The number of ether oxygens (including phenoxy) is 1. The molecule has 5 aliphatic rings. The highest BCUT2D eigenvalue weighted by molar-refractivity contribution is 5.85. The number of hydrogen-bond donors (Lipinski definition) is 0. The van der Waals surface area contributed by atoms with Crippen LogP contribution in [0, 0.1) is 46.3 Å². The number of ketones is 1. The van der Waals surface area contributed by atoms with Crippen molar-refractivity contribution in [1.29, 1.82) is 0 Å². The molecule has 0 saturated heterocycles. The fourth-order valence-corrected chi connectivity index (χ4v) is 9.45. The van der Waals surface area contributed by atoms with Crippen LogP contribution in [0.1, 0.15) is 123 Å². The largest absolute Gasteiger partial charge is 0.465 e. The standard InChI is InChI=1S/C30H48O3/c1-21-13-25-5-3-11-29(16-21,18-25)27(31)15-23-7-9-24(10-8-23)20-33-28(32)30-12-4-6-26(19-30)14-22(2)17-30/h21-26H,3-20H2,1-2H3. The van der Waals surface area contributed by atoms with E-state index in [2.05, 4.69) is 13.8 Å². The van der Waals surface area contributed by atoms with E-state index in [1.54, 1.807) is 0 Å². The molecular formula is C30H48O3. The fourth-order valence-electron chi connectivity index (χ4n) is 9.45. The Kier molecular flexibility index (Phi) is 6.98. The number of carbonyl (C=O) groups is 2. The van der Waals surface area contributed by atoms with Crippen molar-refractivity contribution in [3.63, 3.8) is 0 Å². The number of fused-ring (bicyclic) bond motifs is 4. The van der Waals surface area contributed by atoms with Gasteiger partial charge in [-0.3, -0.25) is 9.59 Å². The van der Waals surface area contributed by atoms with Crippen LogP contribution in [-0.4, -0.2) is 18.4 Å². The third-order valence-corrected chi connectivity index (χ3v) is 10.8. The summed E-state index contributed by atoms with van der Waals surface area (Å²) in [6.07, 6.45) is 19.8. The van der Waals surface area contributed by atoms with Crippen molar-refractivity contribution < 1.29 is 14.3 Å². The van der Waals surface area contributed by atoms with Crippen LogP contribution in [-0.2, 0) is 14.3 Å². The van der Waals surface area contributed by atoms with Gasteiger partial charge in [0.05, 0.1) is 12.0 Å². The maximum Gasteiger partial charge on any atom is 0.312 e. The van der Waals surface area contributed by atoms with Crippen LogP contribution in [0.5, 0.6) is 0 Å². The van der Waals surface area contributed by atoms with Gasteiger partial charge >= 0.3 is 5.97 Å². The van der Waals surface area contributed by atoms with Crippen molar-refractivity contribution in [2.24, 2.45) is 46.3 Å².